The molecule has 4 heteroatoms. The molecule has 0 aromatic heterocycles. The molecule has 0 saturated carbocycles. The van der Waals surface area contributed by atoms with Crippen molar-refractivity contribution in [3.8, 4) is 11.5 Å². The van der Waals surface area contributed by atoms with Crippen molar-refractivity contribution in [1.29, 1.82) is 0 Å². The van der Waals surface area contributed by atoms with Gasteiger partial charge < -0.3 is 14.3 Å². The Kier molecular flexibility index (Phi) is 8.99. The van der Waals surface area contributed by atoms with Crippen LogP contribution in [0.4, 0.5) is 0 Å². The second kappa shape index (κ2) is 12.2. The van der Waals surface area contributed by atoms with Crippen LogP contribution < -0.4 is 9.16 Å². The zero-order valence-corrected chi connectivity index (χ0v) is 25.1. The quantitative estimate of drug-likeness (QED) is 0.206. The van der Waals surface area contributed by atoms with Crippen molar-refractivity contribution in [3.63, 3.8) is 0 Å². The summed E-state index contributed by atoms with van der Waals surface area (Å²) in [5.74, 6) is 1.36. The summed E-state index contributed by atoms with van der Waals surface area (Å²) in [6.07, 6.45) is 0.753. The first kappa shape index (κ1) is 28.7. The molecule has 4 rings (SSSR count). The molecule has 4 aromatic carbocycles. The summed E-state index contributed by atoms with van der Waals surface area (Å²) in [5.41, 5.74) is 3.67. The normalized spacial score (nSPS) is 14.1. The van der Waals surface area contributed by atoms with Crippen molar-refractivity contribution in [2.24, 2.45) is 0 Å². The Balaban J connectivity index is 1.82. The average Bonchev–Trinajstić information content (AvgIpc) is 2.93. The van der Waals surface area contributed by atoms with Gasteiger partial charge in [0.25, 0.3) is 9.04 Å². The van der Waals surface area contributed by atoms with Gasteiger partial charge in [-0.3, -0.25) is 0 Å². The van der Waals surface area contributed by atoms with Crippen LogP contribution in [0.25, 0.3) is 0 Å². The van der Waals surface area contributed by atoms with E-state index in [-0.39, 0.29) is 11.3 Å². The van der Waals surface area contributed by atoms with E-state index < -0.39 is 14.6 Å². The van der Waals surface area contributed by atoms with Crippen molar-refractivity contribution in [2.45, 2.75) is 70.8 Å². The first-order valence-corrected chi connectivity index (χ1v) is 16.2. The van der Waals surface area contributed by atoms with Gasteiger partial charge in [0.05, 0.1) is 0 Å². The Morgan fingerprint density at radius 1 is 0.769 bits per heavy atom. The van der Waals surface area contributed by atoms with Gasteiger partial charge in [0.15, 0.2) is 0 Å². The van der Waals surface area contributed by atoms with Gasteiger partial charge in [0, 0.05) is 11.5 Å². The standard InChI is InChI=1S/C35H41O3Si/c1-7-31(27-16-12-9-13-17-27)35(36,32-23-20-29(34(2,3)4)24-33(32)38-39(5)6)28-18-21-30(22-19-28)37-25-26-14-10-8-11-15-26/h8-24,31,36H,7,25H2,1-6H3. The molecule has 203 valence electrons. The number of hydrogen-bond acceptors (Lipinski definition) is 3. The lowest BCUT2D eigenvalue weighted by molar-refractivity contribution is 0.0460. The maximum absolute atomic E-state index is 12.9. The predicted octanol–water partition coefficient (Wildman–Crippen LogP) is 8.62. The lowest BCUT2D eigenvalue weighted by Gasteiger charge is -2.39. The summed E-state index contributed by atoms with van der Waals surface area (Å²) < 4.78 is 12.6. The summed E-state index contributed by atoms with van der Waals surface area (Å²) in [6.45, 7) is 13.5. The van der Waals surface area contributed by atoms with Crippen LogP contribution in [-0.2, 0) is 17.6 Å². The van der Waals surface area contributed by atoms with Gasteiger partial charge in [-0.15, -0.1) is 0 Å². The van der Waals surface area contributed by atoms with Crippen LogP contribution >= 0.6 is 0 Å². The Morgan fingerprint density at radius 3 is 1.92 bits per heavy atom. The zero-order chi connectivity index (χ0) is 28.0. The molecule has 0 amide bonds. The first-order valence-electron chi connectivity index (χ1n) is 13.8. The molecular formula is C35H41O3Si. The monoisotopic (exact) mass is 537 g/mol. The fraction of sp³-hybridized carbons (Fsp3) is 0.314. The molecule has 0 aliphatic carbocycles. The smallest absolute Gasteiger partial charge is 0.274 e. The van der Waals surface area contributed by atoms with Crippen molar-refractivity contribution < 1.29 is 14.3 Å². The summed E-state index contributed by atoms with van der Waals surface area (Å²) in [7, 11) is -1.08. The lowest BCUT2D eigenvalue weighted by atomic mass is 9.71. The second-order valence-electron chi connectivity index (χ2n) is 11.4. The van der Waals surface area contributed by atoms with E-state index in [0.29, 0.717) is 6.61 Å². The number of aliphatic hydroxyl groups is 1. The third kappa shape index (κ3) is 6.63. The SMILES string of the molecule is CCC(c1ccccc1)C(O)(c1ccc(OCc2ccccc2)cc1)c1ccc(C(C)(C)C)cc1O[Si](C)C. The highest BCUT2D eigenvalue weighted by molar-refractivity contribution is 6.49. The van der Waals surface area contributed by atoms with Crippen LogP contribution in [0.2, 0.25) is 13.1 Å². The molecule has 0 heterocycles. The number of benzene rings is 4. The molecule has 0 aliphatic rings. The van der Waals surface area contributed by atoms with E-state index in [1.165, 1.54) is 5.56 Å². The summed E-state index contributed by atoms with van der Waals surface area (Å²) >= 11 is 0. The molecule has 0 fully saturated rings. The molecule has 0 spiro atoms. The zero-order valence-electron chi connectivity index (χ0n) is 24.1. The molecule has 0 aliphatic heterocycles. The molecule has 1 radical (unpaired) electrons. The fourth-order valence-electron chi connectivity index (χ4n) is 5.16. The molecule has 2 atom stereocenters. The molecule has 0 bridgehead atoms. The van der Waals surface area contributed by atoms with Crippen LogP contribution in [0.15, 0.2) is 103 Å². The minimum atomic E-state index is -1.31. The average molecular weight is 538 g/mol. The van der Waals surface area contributed by atoms with E-state index in [9.17, 15) is 5.11 Å². The molecule has 2 unspecified atom stereocenters. The van der Waals surface area contributed by atoms with Gasteiger partial charge in [-0.2, -0.15) is 0 Å². The van der Waals surface area contributed by atoms with E-state index >= 15 is 0 Å². The van der Waals surface area contributed by atoms with Crippen LogP contribution in [-0.4, -0.2) is 14.1 Å². The lowest BCUT2D eigenvalue weighted by Crippen LogP contribution is -2.36. The topological polar surface area (TPSA) is 38.7 Å². The maximum atomic E-state index is 12.9. The predicted molar refractivity (Wildman–Crippen MR) is 163 cm³/mol. The van der Waals surface area contributed by atoms with Crippen LogP contribution in [0.5, 0.6) is 11.5 Å². The van der Waals surface area contributed by atoms with Gasteiger partial charge in [-0.1, -0.05) is 113 Å². The molecule has 39 heavy (non-hydrogen) atoms. The Hall–Kier alpha value is -3.34. The fourth-order valence-corrected chi connectivity index (χ4v) is 5.76. The van der Waals surface area contributed by atoms with E-state index in [1.54, 1.807) is 0 Å². The van der Waals surface area contributed by atoms with Gasteiger partial charge in [0.2, 0.25) is 0 Å². The molecular weight excluding hydrogens is 496 g/mol. The number of hydrogen-bond donors (Lipinski definition) is 1. The minimum absolute atomic E-state index is 0.0372. The highest BCUT2D eigenvalue weighted by Gasteiger charge is 2.42. The highest BCUT2D eigenvalue weighted by atomic mass is 28.3. The largest absolute Gasteiger partial charge is 0.542 e. The first-order chi connectivity index (χ1) is 18.6. The maximum Gasteiger partial charge on any atom is 0.274 e. The van der Waals surface area contributed by atoms with E-state index in [2.05, 4.69) is 83.3 Å². The molecule has 3 nitrogen and oxygen atoms in total. The van der Waals surface area contributed by atoms with Crippen molar-refractivity contribution in [3.05, 3.63) is 131 Å². The van der Waals surface area contributed by atoms with Crippen molar-refractivity contribution >= 4 is 9.04 Å². The van der Waals surface area contributed by atoms with Crippen molar-refractivity contribution in [2.75, 3.05) is 0 Å². The van der Waals surface area contributed by atoms with Crippen molar-refractivity contribution in [1.82, 2.24) is 0 Å². The molecule has 1 N–H and O–H groups in total. The Labute approximate surface area is 236 Å². The van der Waals surface area contributed by atoms with Crippen LogP contribution in [0, 0.1) is 0 Å². The summed E-state index contributed by atoms with van der Waals surface area (Å²) in [5, 5.41) is 12.9. The summed E-state index contributed by atoms with van der Waals surface area (Å²) in [6, 6.07) is 34.7. The second-order valence-corrected chi connectivity index (χ2v) is 13.4. The van der Waals surface area contributed by atoms with Gasteiger partial charge in [0.1, 0.15) is 23.7 Å². The van der Waals surface area contributed by atoms with Gasteiger partial charge >= 0.3 is 0 Å². The van der Waals surface area contributed by atoms with Gasteiger partial charge in [-0.25, -0.2) is 0 Å². The van der Waals surface area contributed by atoms with E-state index in [0.717, 1.165) is 40.2 Å². The Bertz CT molecular complexity index is 1330. The molecule has 0 saturated heterocycles. The highest BCUT2D eigenvalue weighted by Crippen LogP contribution is 2.48. The van der Waals surface area contributed by atoms with E-state index in [1.807, 2.05) is 60.7 Å². The number of rotatable bonds is 10. The van der Waals surface area contributed by atoms with Crippen LogP contribution in [0.3, 0.4) is 0 Å². The minimum Gasteiger partial charge on any atom is -0.542 e. The van der Waals surface area contributed by atoms with Crippen LogP contribution in [0.1, 0.15) is 67.9 Å². The number of ether oxygens (including phenoxy) is 1. The summed E-state index contributed by atoms with van der Waals surface area (Å²) in [4.78, 5) is 0. The third-order valence-electron chi connectivity index (χ3n) is 7.23. The molecule has 4 aromatic rings. The third-order valence-corrected chi connectivity index (χ3v) is 7.86. The van der Waals surface area contributed by atoms with Gasteiger partial charge in [-0.05, 0) is 65.4 Å². The Morgan fingerprint density at radius 2 is 1.36 bits per heavy atom. The van der Waals surface area contributed by atoms with E-state index in [4.69, 9.17) is 9.16 Å².